The molecule has 1 saturated carbocycles. The Hall–Kier alpha value is -3.24. The maximum atomic E-state index is 15.1. The predicted molar refractivity (Wildman–Crippen MR) is 121 cm³/mol. The molecular formula is C25H25F3N2O5. The van der Waals surface area contributed by atoms with Crippen molar-refractivity contribution < 1.29 is 37.7 Å². The Morgan fingerprint density at radius 2 is 1.80 bits per heavy atom. The zero-order chi connectivity index (χ0) is 25.3. The van der Waals surface area contributed by atoms with E-state index in [0.29, 0.717) is 29.3 Å². The van der Waals surface area contributed by atoms with E-state index in [9.17, 15) is 23.8 Å². The van der Waals surface area contributed by atoms with Gasteiger partial charge in [-0.3, -0.25) is 4.79 Å². The quantitative estimate of drug-likeness (QED) is 0.462. The molecule has 35 heavy (non-hydrogen) atoms. The summed E-state index contributed by atoms with van der Waals surface area (Å²) in [5, 5.41) is 22.3. The van der Waals surface area contributed by atoms with E-state index in [1.54, 1.807) is 4.57 Å². The van der Waals surface area contributed by atoms with E-state index in [2.05, 4.69) is 14.8 Å². The van der Waals surface area contributed by atoms with E-state index < -0.39 is 29.7 Å². The first-order valence-corrected chi connectivity index (χ1v) is 11.2. The largest absolute Gasteiger partial charge is 0.586 e. The van der Waals surface area contributed by atoms with Crippen LogP contribution in [0.5, 0.6) is 11.5 Å². The predicted octanol–water partition coefficient (Wildman–Crippen LogP) is 4.38. The molecule has 0 atom stereocenters. The van der Waals surface area contributed by atoms with Crippen LogP contribution in [0, 0.1) is 5.82 Å². The second kappa shape index (κ2) is 7.63. The first kappa shape index (κ1) is 23.5. The maximum Gasteiger partial charge on any atom is 0.586 e. The Bertz CT molecular complexity index is 1340. The molecule has 0 unspecified atom stereocenters. The lowest BCUT2D eigenvalue weighted by molar-refractivity contribution is -0.286. The van der Waals surface area contributed by atoms with Crippen molar-refractivity contribution in [3.63, 3.8) is 0 Å². The van der Waals surface area contributed by atoms with Crippen LogP contribution in [0.3, 0.4) is 0 Å². The Morgan fingerprint density at radius 3 is 2.43 bits per heavy atom. The third-order valence-electron chi connectivity index (χ3n) is 6.49. The highest BCUT2D eigenvalue weighted by molar-refractivity contribution is 6.02. The fraction of sp³-hybridized carbons (Fsp3) is 0.400. The van der Waals surface area contributed by atoms with Crippen molar-refractivity contribution in [1.82, 2.24) is 4.57 Å². The number of halogens is 3. The summed E-state index contributed by atoms with van der Waals surface area (Å²) in [6.07, 6.45) is -4.44. The highest BCUT2D eigenvalue weighted by atomic mass is 19.3. The first-order chi connectivity index (χ1) is 16.3. The van der Waals surface area contributed by atoms with Gasteiger partial charge in [-0.1, -0.05) is 26.8 Å². The number of amides is 1. The molecule has 10 heteroatoms. The lowest BCUT2D eigenvalue weighted by Crippen LogP contribution is -2.28. The summed E-state index contributed by atoms with van der Waals surface area (Å²) >= 11 is 0. The number of aliphatic hydroxyl groups is 2. The molecule has 1 amide bonds. The Labute approximate surface area is 199 Å². The normalized spacial score (nSPS) is 17.7. The fourth-order valence-corrected chi connectivity index (χ4v) is 4.62. The van der Waals surface area contributed by atoms with Crippen LogP contribution in [0.15, 0.2) is 36.4 Å². The minimum atomic E-state index is -3.76. The molecule has 0 bridgehead atoms. The third-order valence-corrected chi connectivity index (χ3v) is 6.49. The van der Waals surface area contributed by atoms with Crippen LogP contribution < -0.4 is 14.8 Å². The molecule has 3 aromatic rings. The number of benzene rings is 2. The number of aromatic nitrogens is 1. The number of rotatable bonds is 5. The molecule has 5 rings (SSSR count). The van der Waals surface area contributed by atoms with Gasteiger partial charge in [0.1, 0.15) is 5.82 Å². The molecule has 1 aliphatic carbocycles. The van der Waals surface area contributed by atoms with Crippen molar-refractivity contribution in [2.45, 2.75) is 63.6 Å². The number of nitrogens with one attached hydrogen (secondary N) is 1. The average molecular weight is 490 g/mol. The summed E-state index contributed by atoms with van der Waals surface area (Å²) in [5.41, 5.74) is 0.358. The average Bonchev–Trinajstić information content (AvgIpc) is 3.39. The molecule has 7 nitrogen and oxygen atoms in total. The van der Waals surface area contributed by atoms with Crippen LogP contribution >= 0.6 is 0 Å². The van der Waals surface area contributed by atoms with Crippen molar-refractivity contribution in [3.05, 3.63) is 53.5 Å². The molecule has 0 spiro atoms. The van der Waals surface area contributed by atoms with Crippen molar-refractivity contribution in [3.8, 4) is 11.5 Å². The lowest BCUT2D eigenvalue weighted by atomic mass is 9.92. The molecule has 2 aliphatic rings. The second-order valence-electron chi connectivity index (χ2n) is 10.1. The van der Waals surface area contributed by atoms with Gasteiger partial charge < -0.3 is 29.6 Å². The number of carbonyl (C=O) groups excluding carboxylic acids is 1. The van der Waals surface area contributed by atoms with Gasteiger partial charge in [-0.25, -0.2) is 4.39 Å². The van der Waals surface area contributed by atoms with Crippen LogP contribution in [-0.4, -0.2) is 33.3 Å². The van der Waals surface area contributed by atoms with Crippen LogP contribution in [0.2, 0.25) is 0 Å². The van der Waals surface area contributed by atoms with Gasteiger partial charge in [0.2, 0.25) is 5.91 Å². The number of nitrogens with zero attached hydrogens (tertiary/aromatic N) is 1. The SMILES string of the molecule is CC(C)(C)c1cc2cc(NC(=O)C3(c4ccc5c(c4)OC(F)(F)O5)CC3)c(F)cc2n1CC(O)O. The lowest BCUT2D eigenvalue weighted by Gasteiger charge is -2.22. The standard InChI is InChI=1S/C25H25F3N2O5/c1-23(2,3)20-9-13-8-16(15(26)11-17(13)30(20)12-21(31)32)29-22(33)24(6-7-24)14-4-5-18-19(10-14)35-25(27,28)34-18/h4-5,8-11,21,31-32H,6-7,12H2,1-3H3,(H,29,33). The monoisotopic (exact) mass is 490 g/mol. The van der Waals surface area contributed by atoms with Gasteiger partial charge in [-0.05, 0) is 42.7 Å². The summed E-state index contributed by atoms with van der Waals surface area (Å²) in [6.45, 7) is 5.74. The van der Waals surface area contributed by atoms with Gasteiger partial charge in [-0.2, -0.15) is 0 Å². The summed E-state index contributed by atoms with van der Waals surface area (Å²) < 4.78 is 52.4. The van der Waals surface area contributed by atoms with Crippen LogP contribution in [0.25, 0.3) is 10.9 Å². The van der Waals surface area contributed by atoms with Gasteiger partial charge >= 0.3 is 6.29 Å². The molecule has 2 aromatic carbocycles. The number of alkyl halides is 2. The molecular weight excluding hydrogens is 465 g/mol. The molecule has 1 aromatic heterocycles. The number of aliphatic hydroxyl groups excluding tert-OH is 1. The van der Waals surface area contributed by atoms with Crippen LogP contribution in [-0.2, 0) is 22.2 Å². The molecule has 1 aliphatic heterocycles. The minimum Gasteiger partial charge on any atom is -0.395 e. The number of ether oxygens (including phenoxy) is 2. The second-order valence-corrected chi connectivity index (χ2v) is 10.1. The molecule has 1 fully saturated rings. The van der Waals surface area contributed by atoms with Gasteiger partial charge in [0.05, 0.1) is 23.2 Å². The Kier molecular flexibility index (Phi) is 5.12. The Balaban J connectivity index is 1.46. The molecule has 3 N–H and O–H groups in total. The highest BCUT2D eigenvalue weighted by Crippen LogP contribution is 2.52. The Morgan fingerprint density at radius 1 is 1.11 bits per heavy atom. The summed E-state index contributed by atoms with van der Waals surface area (Å²) in [7, 11) is 0. The fourth-order valence-electron chi connectivity index (χ4n) is 4.62. The topological polar surface area (TPSA) is 93.0 Å². The zero-order valence-electron chi connectivity index (χ0n) is 19.4. The third kappa shape index (κ3) is 4.10. The van der Waals surface area contributed by atoms with Crippen molar-refractivity contribution in [2.75, 3.05) is 5.32 Å². The van der Waals surface area contributed by atoms with Crippen LogP contribution in [0.1, 0.15) is 44.9 Å². The van der Waals surface area contributed by atoms with Gasteiger partial charge in [0.25, 0.3) is 0 Å². The molecule has 0 radical (unpaired) electrons. The summed E-state index contributed by atoms with van der Waals surface area (Å²) in [4.78, 5) is 13.2. The van der Waals surface area contributed by atoms with E-state index in [1.807, 2.05) is 26.8 Å². The maximum absolute atomic E-state index is 15.1. The van der Waals surface area contributed by atoms with Crippen molar-refractivity contribution in [2.24, 2.45) is 0 Å². The first-order valence-electron chi connectivity index (χ1n) is 11.2. The van der Waals surface area contributed by atoms with E-state index in [1.165, 1.54) is 30.3 Å². The van der Waals surface area contributed by atoms with E-state index >= 15 is 4.39 Å². The van der Waals surface area contributed by atoms with Crippen molar-refractivity contribution >= 4 is 22.5 Å². The molecule has 0 saturated heterocycles. The van der Waals surface area contributed by atoms with Gasteiger partial charge in [0, 0.05) is 22.6 Å². The number of hydrogen-bond donors (Lipinski definition) is 3. The smallest absolute Gasteiger partial charge is 0.395 e. The van der Waals surface area contributed by atoms with Gasteiger partial charge in [-0.15, -0.1) is 8.78 Å². The van der Waals surface area contributed by atoms with E-state index in [4.69, 9.17) is 0 Å². The highest BCUT2D eigenvalue weighted by Gasteiger charge is 2.53. The number of hydrogen-bond acceptors (Lipinski definition) is 5. The number of anilines is 1. The van der Waals surface area contributed by atoms with Gasteiger partial charge in [0.15, 0.2) is 17.8 Å². The zero-order valence-corrected chi connectivity index (χ0v) is 19.4. The van der Waals surface area contributed by atoms with E-state index in [0.717, 1.165) is 5.69 Å². The molecule has 186 valence electrons. The summed E-state index contributed by atoms with van der Waals surface area (Å²) in [5.74, 6) is -1.40. The van der Waals surface area contributed by atoms with Crippen LogP contribution in [0.4, 0.5) is 18.9 Å². The number of fused-ring (bicyclic) bond motifs is 2. The number of carbonyl (C=O) groups is 1. The summed E-state index contributed by atoms with van der Waals surface area (Å²) in [6, 6.07) is 8.82. The van der Waals surface area contributed by atoms with Crippen molar-refractivity contribution in [1.29, 1.82) is 0 Å². The van der Waals surface area contributed by atoms with E-state index in [-0.39, 0.29) is 29.1 Å². The molecule has 2 heterocycles. The minimum absolute atomic E-state index is 0.0248.